The number of likely N-dealkylation sites (tertiary alicyclic amines) is 1. The highest BCUT2D eigenvalue weighted by atomic mass is 16.4. The number of carboxylic acid groups (broad SMARTS) is 1. The zero-order valence-electron chi connectivity index (χ0n) is 11.2. The molecule has 0 spiro atoms. The lowest BCUT2D eigenvalue weighted by atomic mass is 9.87. The molecule has 1 aromatic heterocycles. The Labute approximate surface area is 112 Å². The van der Waals surface area contributed by atoms with Crippen LogP contribution in [0.2, 0.25) is 0 Å². The third-order valence-electron chi connectivity index (χ3n) is 3.63. The van der Waals surface area contributed by atoms with Gasteiger partial charge in [0.05, 0.1) is 12.1 Å². The van der Waals surface area contributed by atoms with Crippen LogP contribution in [0.3, 0.4) is 0 Å². The summed E-state index contributed by atoms with van der Waals surface area (Å²) in [6.07, 6.45) is 4.07. The molecule has 2 heterocycles. The van der Waals surface area contributed by atoms with Crippen LogP contribution in [0.15, 0.2) is 12.4 Å². The number of rotatable bonds is 3. The van der Waals surface area contributed by atoms with Gasteiger partial charge in [-0.1, -0.05) is 6.92 Å². The molecule has 1 amide bonds. The summed E-state index contributed by atoms with van der Waals surface area (Å²) in [6, 6.07) is 0. The van der Waals surface area contributed by atoms with Crippen molar-refractivity contribution in [1.29, 1.82) is 0 Å². The third-order valence-corrected chi connectivity index (χ3v) is 3.63. The molecule has 0 bridgehead atoms. The second kappa shape index (κ2) is 5.42. The Hall–Kier alpha value is -1.85. The molecule has 1 fully saturated rings. The minimum atomic E-state index is -0.762. The molecular formula is C13H19N3O3. The predicted octanol–water partition coefficient (Wildman–Crippen LogP) is 0.761. The van der Waals surface area contributed by atoms with Gasteiger partial charge in [0.15, 0.2) is 0 Å². The Morgan fingerprint density at radius 3 is 2.79 bits per heavy atom. The van der Waals surface area contributed by atoms with Crippen LogP contribution in [-0.4, -0.2) is 44.8 Å². The zero-order valence-corrected chi connectivity index (χ0v) is 11.2. The molecule has 6 nitrogen and oxygen atoms in total. The average molecular weight is 265 g/mol. The monoisotopic (exact) mass is 265 g/mol. The second-order valence-corrected chi connectivity index (χ2v) is 5.27. The van der Waals surface area contributed by atoms with E-state index in [1.807, 2.05) is 20.0 Å². The molecule has 1 aliphatic heterocycles. The summed E-state index contributed by atoms with van der Waals surface area (Å²) in [5.41, 5.74) is 1.02. The first kappa shape index (κ1) is 13.6. The van der Waals surface area contributed by atoms with Crippen molar-refractivity contribution in [2.45, 2.75) is 26.8 Å². The van der Waals surface area contributed by atoms with Crippen molar-refractivity contribution in [3.05, 3.63) is 18.0 Å². The predicted molar refractivity (Wildman–Crippen MR) is 68.5 cm³/mol. The van der Waals surface area contributed by atoms with E-state index in [9.17, 15) is 9.59 Å². The van der Waals surface area contributed by atoms with Gasteiger partial charge < -0.3 is 10.0 Å². The number of piperidine rings is 1. The summed E-state index contributed by atoms with van der Waals surface area (Å²) < 4.78 is 1.62. The van der Waals surface area contributed by atoms with Gasteiger partial charge in [0.1, 0.15) is 6.54 Å². The summed E-state index contributed by atoms with van der Waals surface area (Å²) in [6.45, 7) is 5.05. The van der Waals surface area contributed by atoms with E-state index in [1.54, 1.807) is 15.8 Å². The first-order chi connectivity index (χ1) is 8.97. The molecule has 0 aromatic carbocycles. The van der Waals surface area contributed by atoms with Crippen LogP contribution in [0.25, 0.3) is 0 Å². The molecule has 0 unspecified atom stereocenters. The van der Waals surface area contributed by atoms with Gasteiger partial charge in [-0.05, 0) is 24.8 Å². The lowest BCUT2D eigenvalue weighted by molar-refractivity contribution is -0.148. The Morgan fingerprint density at radius 2 is 2.26 bits per heavy atom. The first-order valence-corrected chi connectivity index (χ1v) is 6.47. The van der Waals surface area contributed by atoms with Gasteiger partial charge in [-0.25, -0.2) is 0 Å². The number of aromatic nitrogens is 2. The van der Waals surface area contributed by atoms with Crippen molar-refractivity contribution >= 4 is 11.9 Å². The van der Waals surface area contributed by atoms with Crippen LogP contribution in [0.4, 0.5) is 0 Å². The number of carboxylic acids is 1. The van der Waals surface area contributed by atoms with E-state index in [1.165, 1.54) is 0 Å². The molecule has 2 rings (SSSR count). The van der Waals surface area contributed by atoms with E-state index in [0.717, 1.165) is 5.56 Å². The van der Waals surface area contributed by atoms with Gasteiger partial charge in [0, 0.05) is 19.3 Å². The SMILES string of the molecule is Cc1cnn(CC(=O)N2CC[C@H](C(=O)O)[C@H](C)C2)c1. The average Bonchev–Trinajstić information content (AvgIpc) is 2.74. The Bertz CT molecular complexity index is 483. The molecule has 0 saturated carbocycles. The fourth-order valence-electron chi connectivity index (χ4n) is 2.53. The number of aryl methyl sites for hydroxylation is 1. The second-order valence-electron chi connectivity index (χ2n) is 5.27. The van der Waals surface area contributed by atoms with E-state index in [2.05, 4.69) is 5.10 Å². The van der Waals surface area contributed by atoms with Crippen LogP contribution in [0.5, 0.6) is 0 Å². The van der Waals surface area contributed by atoms with Crippen molar-refractivity contribution in [2.24, 2.45) is 11.8 Å². The number of carbonyl (C=O) groups is 2. The minimum absolute atomic E-state index is 0.00112. The Balaban J connectivity index is 1.93. The quantitative estimate of drug-likeness (QED) is 0.875. The van der Waals surface area contributed by atoms with Gasteiger partial charge in [-0.15, -0.1) is 0 Å². The third kappa shape index (κ3) is 3.13. The minimum Gasteiger partial charge on any atom is -0.481 e. The van der Waals surface area contributed by atoms with Gasteiger partial charge in [-0.3, -0.25) is 14.3 Å². The topological polar surface area (TPSA) is 75.4 Å². The highest BCUT2D eigenvalue weighted by Crippen LogP contribution is 2.23. The molecule has 1 aliphatic rings. The molecule has 6 heteroatoms. The van der Waals surface area contributed by atoms with Crippen LogP contribution >= 0.6 is 0 Å². The van der Waals surface area contributed by atoms with E-state index in [4.69, 9.17) is 5.11 Å². The lowest BCUT2D eigenvalue weighted by Crippen LogP contribution is -2.46. The van der Waals surface area contributed by atoms with E-state index < -0.39 is 5.97 Å². The van der Waals surface area contributed by atoms with Gasteiger partial charge in [-0.2, -0.15) is 5.10 Å². The molecule has 1 aromatic rings. The molecule has 1 saturated heterocycles. The molecular weight excluding hydrogens is 246 g/mol. The molecule has 2 atom stereocenters. The highest BCUT2D eigenvalue weighted by Gasteiger charge is 2.32. The number of carbonyl (C=O) groups excluding carboxylic acids is 1. The Morgan fingerprint density at radius 1 is 1.53 bits per heavy atom. The molecule has 1 N–H and O–H groups in total. The lowest BCUT2D eigenvalue weighted by Gasteiger charge is -2.34. The zero-order chi connectivity index (χ0) is 14.0. The van der Waals surface area contributed by atoms with Crippen LogP contribution < -0.4 is 0 Å². The van der Waals surface area contributed by atoms with E-state index >= 15 is 0 Å². The van der Waals surface area contributed by atoms with Crippen molar-refractivity contribution < 1.29 is 14.7 Å². The number of hydrogen-bond donors (Lipinski definition) is 1. The number of hydrogen-bond acceptors (Lipinski definition) is 3. The number of nitrogens with zero attached hydrogens (tertiary/aromatic N) is 3. The normalized spacial score (nSPS) is 23.4. The summed E-state index contributed by atoms with van der Waals surface area (Å²) in [5, 5.41) is 13.1. The summed E-state index contributed by atoms with van der Waals surface area (Å²) >= 11 is 0. The van der Waals surface area contributed by atoms with Crippen LogP contribution in [-0.2, 0) is 16.1 Å². The molecule has 104 valence electrons. The van der Waals surface area contributed by atoms with Crippen LogP contribution in [0.1, 0.15) is 18.9 Å². The smallest absolute Gasteiger partial charge is 0.306 e. The highest BCUT2D eigenvalue weighted by molar-refractivity contribution is 5.77. The molecule has 0 aliphatic carbocycles. The van der Waals surface area contributed by atoms with Gasteiger partial charge in [0.2, 0.25) is 5.91 Å². The first-order valence-electron chi connectivity index (χ1n) is 6.47. The van der Waals surface area contributed by atoms with Crippen molar-refractivity contribution in [3.8, 4) is 0 Å². The maximum absolute atomic E-state index is 12.1. The van der Waals surface area contributed by atoms with E-state index in [0.29, 0.717) is 19.5 Å². The largest absolute Gasteiger partial charge is 0.481 e. The number of amides is 1. The fourth-order valence-corrected chi connectivity index (χ4v) is 2.53. The van der Waals surface area contributed by atoms with Gasteiger partial charge >= 0.3 is 5.97 Å². The van der Waals surface area contributed by atoms with Crippen molar-refractivity contribution in [3.63, 3.8) is 0 Å². The summed E-state index contributed by atoms with van der Waals surface area (Å²) in [4.78, 5) is 24.9. The molecule has 0 radical (unpaired) electrons. The maximum Gasteiger partial charge on any atom is 0.306 e. The van der Waals surface area contributed by atoms with Crippen LogP contribution in [0, 0.1) is 18.8 Å². The summed E-state index contributed by atoms with van der Waals surface area (Å²) in [7, 11) is 0. The standard InChI is InChI=1S/C13H19N3O3/c1-9-5-14-16(6-9)8-12(17)15-4-3-11(13(18)19)10(2)7-15/h5-6,10-11H,3-4,7-8H2,1-2H3,(H,18,19)/t10-,11+/m1/s1. The molecule has 19 heavy (non-hydrogen) atoms. The number of aliphatic carboxylic acids is 1. The maximum atomic E-state index is 12.1. The van der Waals surface area contributed by atoms with Gasteiger partial charge in [0.25, 0.3) is 0 Å². The Kier molecular flexibility index (Phi) is 3.87. The van der Waals surface area contributed by atoms with Crippen molar-refractivity contribution in [2.75, 3.05) is 13.1 Å². The fraction of sp³-hybridized carbons (Fsp3) is 0.615. The summed E-state index contributed by atoms with van der Waals surface area (Å²) in [5.74, 6) is -1.10. The van der Waals surface area contributed by atoms with E-state index in [-0.39, 0.29) is 24.3 Å². The van der Waals surface area contributed by atoms with Crippen molar-refractivity contribution in [1.82, 2.24) is 14.7 Å².